The zero-order chi connectivity index (χ0) is 12.7. The van der Waals surface area contributed by atoms with Crippen molar-refractivity contribution in [1.29, 1.82) is 0 Å². The molecule has 0 saturated heterocycles. The van der Waals surface area contributed by atoms with Crippen LogP contribution in [0.3, 0.4) is 0 Å². The predicted octanol–water partition coefficient (Wildman–Crippen LogP) is 1.17. The van der Waals surface area contributed by atoms with Crippen LogP contribution in [0.4, 0.5) is 0 Å². The molecule has 0 radical (unpaired) electrons. The van der Waals surface area contributed by atoms with Gasteiger partial charge in [0.05, 0.1) is 7.11 Å². The average molecular weight is 236 g/mol. The molecule has 0 aliphatic carbocycles. The first-order valence-electron chi connectivity index (χ1n) is 5.72. The van der Waals surface area contributed by atoms with Gasteiger partial charge in [-0.1, -0.05) is 19.1 Å². The van der Waals surface area contributed by atoms with Gasteiger partial charge in [-0.25, -0.2) is 0 Å². The highest BCUT2D eigenvalue weighted by molar-refractivity contribution is 5.78. The van der Waals surface area contributed by atoms with Gasteiger partial charge in [0.15, 0.2) is 0 Å². The minimum absolute atomic E-state index is 0.0155. The molecule has 0 heterocycles. The number of amides is 1. The minimum Gasteiger partial charge on any atom is -0.497 e. The Kier molecular flexibility index (Phi) is 5.49. The van der Waals surface area contributed by atoms with E-state index in [0.29, 0.717) is 13.1 Å². The summed E-state index contributed by atoms with van der Waals surface area (Å²) in [7, 11) is 3.48. The Morgan fingerprint density at radius 2 is 2.00 bits per heavy atom. The first-order chi connectivity index (χ1) is 8.17. The SMILES string of the molecule is CNCC(C)C(=O)NCc1ccc(OC)cc1. The van der Waals surface area contributed by atoms with E-state index >= 15 is 0 Å². The lowest BCUT2D eigenvalue weighted by molar-refractivity contribution is -0.124. The van der Waals surface area contributed by atoms with E-state index in [1.54, 1.807) is 7.11 Å². The lowest BCUT2D eigenvalue weighted by atomic mass is 10.1. The first kappa shape index (κ1) is 13.5. The molecule has 4 heteroatoms. The number of benzene rings is 1. The van der Waals surface area contributed by atoms with Crippen molar-refractivity contribution in [2.75, 3.05) is 20.7 Å². The highest BCUT2D eigenvalue weighted by Crippen LogP contribution is 2.11. The fourth-order valence-corrected chi connectivity index (χ4v) is 1.51. The largest absolute Gasteiger partial charge is 0.497 e. The Morgan fingerprint density at radius 3 is 2.53 bits per heavy atom. The fourth-order valence-electron chi connectivity index (χ4n) is 1.51. The van der Waals surface area contributed by atoms with Gasteiger partial charge in [-0.2, -0.15) is 0 Å². The number of nitrogens with one attached hydrogen (secondary N) is 2. The van der Waals surface area contributed by atoms with Crippen LogP contribution in [0, 0.1) is 5.92 Å². The summed E-state index contributed by atoms with van der Waals surface area (Å²) in [5.74, 6) is 0.872. The molecule has 1 aromatic carbocycles. The van der Waals surface area contributed by atoms with E-state index in [1.807, 2.05) is 38.2 Å². The number of ether oxygens (including phenoxy) is 1. The Labute approximate surface area is 102 Å². The molecular weight excluding hydrogens is 216 g/mol. The van der Waals surface area contributed by atoms with Crippen molar-refractivity contribution in [2.45, 2.75) is 13.5 Å². The molecule has 1 atom stereocenters. The van der Waals surface area contributed by atoms with E-state index < -0.39 is 0 Å². The fraction of sp³-hybridized carbons (Fsp3) is 0.462. The Morgan fingerprint density at radius 1 is 1.35 bits per heavy atom. The normalized spacial score (nSPS) is 11.9. The van der Waals surface area contributed by atoms with E-state index in [4.69, 9.17) is 4.74 Å². The second-order valence-electron chi connectivity index (χ2n) is 4.02. The quantitative estimate of drug-likeness (QED) is 0.779. The van der Waals surface area contributed by atoms with Crippen LogP contribution in [0.25, 0.3) is 0 Å². The Bertz CT molecular complexity index is 349. The number of methoxy groups -OCH3 is 1. The standard InChI is InChI=1S/C13H20N2O2/c1-10(8-14-2)13(16)15-9-11-4-6-12(17-3)7-5-11/h4-7,10,14H,8-9H2,1-3H3,(H,15,16). The number of hydrogen-bond acceptors (Lipinski definition) is 3. The molecule has 1 unspecified atom stereocenters. The first-order valence-corrected chi connectivity index (χ1v) is 5.72. The second kappa shape index (κ2) is 6.91. The van der Waals surface area contributed by atoms with Crippen molar-refractivity contribution < 1.29 is 9.53 Å². The molecule has 1 rings (SSSR count). The summed E-state index contributed by atoms with van der Waals surface area (Å²) in [5, 5.41) is 5.89. The van der Waals surface area contributed by atoms with Crippen molar-refractivity contribution in [1.82, 2.24) is 10.6 Å². The van der Waals surface area contributed by atoms with Crippen LogP contribution in [-0.4, -0.2) is 26.6 Å². The van der Waals surface area contributed by atoms with Crippen LogP contribution in [0.5, 0.6) is 5.75 Å². The summed E-state index contributed by atoms with van der Waals surface area (Å²) in [5.41, 5.74) is 1.07. The minimum atomic E-state index is -0.0155. The van der Waals surface area contributed by atoms with Crippen molar-refractivity contribution in [3.05, 3.63) is 29.8 Å². The van der Waals surface area contributed by atoms with Crippen LogP contribution >= 0.6 is 0 Å². The summed E-state index contributed by atoms with van der Waals surface area (Å²) in [6.07, 6.45) is 0. The lowest BCUT2D eigenvalue weighted by Gasteiger charge is -2.11. The van der Waals surface area contributed by atoms with Crippen LogP contribution in [-0.2, 0) is 11.3 Å². The molecule has 94 valence electrons. The number of hydrogen-bond donors (Lipinski definition) is 2. The van der Waals surface area contributed by atoms with Crippen LogP contribution in [0.1, 0.15) is 12.5 Å². The maximum Gasteiger partial charge on any atom is 0.224 e. The summed E-state index contributed by atoms with van der Waals surface area (Å²) in [6, 6.07) is 7.67. The molecule has 0 aliphatic heterocycles. The van der Waals surface area contributed by atoms with Crippen LogP contribution in [0.15, 0.2) is 24.3 Å². The Hall–Kier alpha value is -1.55. The summed E-state index contributed by atoms with van der Waals surface area (Å²) in [4.78, 5) is 11.7. The maximum absolute atomic E-state index is 11.7. The van der Waals surface area contributed by atoms with Gasteiger partial charge in [0, 0.05) is 19.0 Å². The molecule has 0 bridgehead atoms. The summed E-state index contributed by atoms with van der Waals surface area (Å²) in [6.45, 7) is 3.14. The van der Waals surface area contributed by atoms with Gasteiger partial charge >= 0.3 is 0 Å². The zero-order valence-corrected chi connectivity index (χ0v) is 10.6. The number of carbonyl (C=O) groups excluding carboxylic acids is 1. The number of rotatable bonds is 6. The molecule has 0 saturated carbocycles. The van der Waals surface area contributed by atoms with Gasteiger partial charge in [0.2, 0.25) is 5.91 Å². The predicted molar refractivity (Wildman–Crippen MR) is 67.9 cm³/mol. The Balaban J connectivity index is 2.41. The van der Waals surface area contributed by atoms with Crippen molar-refractivity contribution >= 4 is 5.91 Å². The molecular formula is C13H20N2O2. The molecule has 0 aromatic heterocycles. The van der Waals surface area contributed by atoms with Gasteiger partial charge < -0.3 is 15.4 Å². The van der Waals surface area contributed by atoms with Crippen LogP contribution in [0.2, 0.25) is 0 Å². The van der Waals surface area contributed by atoms with Crippen molar-refractivity contribution in [2.24, 2.45) is 5.92 Å². The monoisotopic (exact) mass is 236 g/mol. The third kappa shape index (κ3) is 4.44. The number of carbonyl (C=O) groups is 1. The molecule has 17 heavy (non-hydrogen) atoms. The molecule has 2 N–H and O–H groups in total. The van der Waals surface area contributed by atoms with Crippen LogP contribution < -0.4 is 15.4 Å². The smallest absolute Gasteiger partial charge is 0.224 e. The molecule has 0 spiro atoms. The maximum atomic E-state index is 11.7. The highest BCUT2D eigenvalue weighted by atomic mass is 16.5. The van der Waals surface area contributed by atoms with E-state index in [1.165, 1.54) is 0 Å². The third-order valence-corrected chi connectivity index (χ3v) is 2.58. The van der Waals surface area contributed by atoms with Gasteiger partial charge in [-0.3, -0.25) is 4.79 Å². The van der Waals surface area contributed by atoms with Gasteiger partial charge in [-0.15, -0.1) is 0 Å². The zero-order valence-electron chi connectivity index (χ0n) is 10.6. The van der Waals surface area contributed by atoms with E-state index in [-0.39, 0.29) is 11.8 Å². The molecule has 0 fully saturated rings. The molecule has 1 aromatic rings. The van der Waals surface area contributed by atoms with E-state index in [2.05, 4.69) is 10.6 Å². The summed E-state index contributed by atoms with van der Waals surface area (Å²) >= 11 is 0. The molecule has 1 amide bonds. The second-order valence-corrected chi connectivity index (χ2v) is 4.02. The van der Waals surface area contributed by atoms with E-state index in [9.17, 15) is 4.79 Å². The molecule has 4 nitrogen and oxygen atoms in total. The van der Waals surface area contributed by atoms with Gasteiger partial charge in [-0.05, 0) is 24.7 Å². The third-order valence-electron chi connectivity index (χ3n) is 2.58. The van der Waals surface area contributed by atoms with Crippen molar-refractivity contribution in [3.8, 4) is 5.75 Å². The highest BCUT2D eigenvalue weighted by Gasteiger charge is 2.10. The average Bonchev–Trinajstić information content (AvgIpc) is 2.36. The topological polar surface area (TPSA) is 50.4 Å². The van der Waals surface area contributed by atoms with Gasteiger partial charge in [0.1, 0.15) is 5.75 Å². The summed E-state index contributed by atoms with van der Waals surface area (Å²) < 4.78 is 5.07. The lowest BCUT2D eigenvalue weighted by Crippen LogP contribution is -2.33. The molecule has 0 aliphatic rings. The van der Waals surface area contributed by atoms with E-state index in [0.717, 1.165) is 11.3 Å². The van der Waals surface area contributed by atoms with Gasteiger partial charge in [0.25, 0.3) is 0 Å². The van der Waals surface area contributed by atoms with Crippen molar-refractivity contribution in [3.63, 3.8) is 0 Å².